The number of phenolic OH excluding ortho intramolecular Hbond substituents is 1. The molecule has 0 saturated heterocycles. The van der Waals surface area contributed by atoms with Crippen molar-refractivity contribution in [3.8, 4) is 11.4 Å². The number of phenols is 1. The molecule has 0 aliphatic rings. The first-order valence-electron chi connectivity index (χ1n) is 4.62. The molecular weight excluding hydrogens is 174 g/mol. The number of aromatic nitrogens is 1. The summed E-state index contributed by atoms with van der Waals surface area (Å²) in [4.78, 5) is 0. The number of benzene rings is 1. The second kappa shape index (κ2) is 3.22. The van der Waals surface area contributed by atoms with E-state index in [-0.39, 0.29) is 0 Å². The highest BCUT2D eigenvalue weighted by Crippen LogP contribution is 2.24. The molecule has 1 aromatic heterocycles. The first-order valence-corrected chi connectivity index (χ1v) is 4.62. The molecule has 0 spiro atoms. The van der Waals surface area contributed by atoms with Crippen molar-refractivity contribution < 1.29 is 5.11 Å². The van der Waals surface area contributed by atoms with Crippen LogP contribution in [0.5, 0.6) is 5.75 Å². The van der Waals surface area contributed by atoms with Gasteiger partial charge in [0.15, 0.2) is 0 Å². The minimum Gasteiger partial charge on any atom is -0.508 e. The van der Waals surface area contributed by atoms with Crippen molar-refractivity contribution in [3.63, 3.8) is 0 Å². The highest BCUT2D eigenvalue weighted by Gasteiger charge is 2.05. The number of rotatable bonds is 1. The number of nitrogens with zero attached hydrogens (tertiary/aromatic N) is 1. The van der Waals surface area contributed by atoms with E-state index in [1.54, 1.807) is 12.1 Å². The lowest BCUT2D eigenvalue weighted by Gasteiger charge is -2.11. The minimum absolute atomic E-state index is 0.330. The van der Waals surface area contributed by atoms with Crippen LogP contribution < -0.4 is 0 Å². The maximum atomic E-state index is 9.41. The minimum atomic E-state index is 0.330. The molecule has 1 aromatic carbocycles. The maximum Gasteiger partial charge on any atom is 0.116 e. The summed E-state index contributed by atoms with van der Waals surface area (Å²) in [5.41, 5.74) is 3.31. The van der Waals surface area contributed by atoms with Crippen LogP contribution in [0.3, 0.4) is 0 Å². The van der Waals surface area contributed by atoms with Crippen LogP contribution >= 0.6 is 0 Å². The Kier molecular flexibility index (Phi) is 2.04. The molecule has 0 radical (unpaired) electrons. The van der Waals surface area contributed by atoms with Gasteiger partial charge in [-0.2, -0.15) is 0 Å². The fourth-order valence-corrected chi connectivity index (χ4v) is 1.82. The van der Waals surface area contributed by atoms with Crippen LogP contribution in [-0.2, 0) is 0 Å². The van der Waals surface area contributed by atoms with Gasteiger partial charge in [-0.05, 0) is 49.2 Å². The zero-order valence-electron chi connectivity index (χ0n) is 8.36. The summed E-state index contributed by atoms with van der Waals surface area (Å²) in [6, 6.07) is 7.54. The first-order chi connectivity index (χ1) is 6.68. The molecule has 0 atom stereocenters. The molecule has 2 nitrogen and oxygen atoms in total. The quantitative estimate of drug-likeness (QED) is 0.729. The van der Waals surface area contributed by atoms with E-state index in [9.17, 15) is 5.11 Å². The van der Waals surface area contributed by atoms with Gasteiger partial charge >= 0.3 is 0 Å². The third-order valence-electron chi connectivity index (χ3n) is 2.34. The fraction of sp³-hybridized carbons (Fsp3) is 0.167. The SMILES string of the molecule is Cc1cc(O)cc(C)c1-n1cccc1. The molecule has 2 rings (SSSR count). The lowest BCUT2D eigenvalue weighted by molar-refractivity contribution is 0.474. The van der Waals surface area contributed by atoms with Crippen LogP contribution in [0.4, 0.5) is 0 Å². The van der Waals surface area contributed by atoms with E-state index in [2.05, 4.69) is 4.57 Å². The van der Waals surface area contributed by atoms with E-state index in [0.29, 0.717) is 5.75 Å². The fourth-order valence-electron chi connectivity index (χ4n) is 1.82. The van der Waals surface area contributed by atoms with Gasteiger partial charge in [0, 0.05) is 12.4 Å². The van der Waals surface area contributed by atoms with Crippen molar-refractivity contribution >= 4 is 0 Å². The van der Waals surface area contributed by atoms with Gasteiger partial charge in [-0.25, -0.2) is 0 Å². The molecule has 2 aromatic rings. The molecule has 0 unspecified atom stereocenters. The van der Waals surface area contributed by atoms with Gasteiger partial charge in [0.05, 0.1) is 5.69 Å². The molecule has 1 heterocycles. The highest BCUT2D eigenvalue weighted by atomic mass is 16.3. The molecule has 2 heteroatoms. The van der Waals surface area contributed by atoms with Gasteiger partial charge in [-0.15, -0.1) is 0 Å². The van der Waals surface area contributed by atoms with Crippen LogP contribution in [0.25, 0.3) is 5.69 Å². The maximum absolute atomic E-state index is 9.41. The summed E-state index contributed by atoms with van der Waals surface area (Å²) in [6.07, 6.45) is 4.01. The van der Waals surface area contributed by atoms with Gasteiger partial charge < -0.3 is 9.67 Å². The van der Waals surface area contributed by atoms with Crippen LogP contribution in [0.2, 0.25) is 0 Å². The number of hydrogen-bond donors (Lipinski definition) is 1. The van der Waals surface area contributed by atoms with Crippen molar-refractivity contribution in [1.29, 1.82) is 0 Å². The third kappa shape index (κ3) is 1.39. The lowest BCUT2D eigenvalue weighted by atomic mass is 10.1. The summed E-state index contributed by atoms with van der Waals surface area (Å²) in [5.74, 6) is 0.330. The van der Waals surface area contributed by atoms with E-state index < -0.39 is 0 Å². The average Bonchev–Trinajstić information content (AvgIpc) is 2.54. The molecule has 72 valence electrons. The summed E-state index contributed by atoms with van der Waals surface area (Å²) < 4.78 is 2.06. The van der Waals surface area contributed by atoms with Crippen molar-refractivity contribution in [2.24, 2.45) is 0 Å². The van der Waals surface area contributed by atoms with Gasteiger partial charge in [0.1, 0.15) is 5.75 Å². The summed E-state index contributed by atoms with van der Waals surface area (Å²) >= 11 is 0. The molecule has 14 heavy (non-hydrogen) atoms. The van der Waals surface area contributed by atoms with E-state index in [4.69, 9.17) is 0 Å². The van der Waals surface area contributed by atoms with E-state index >= 15 is 0 Å². The summed E-state index contributed by atoms with van der Waals surface area (Å²) in [5, 5.41) is 9.41. The molecule has 0 aliphatic heterocycles. The van der Waals surface area contributed by atoms with E-state index in [0.717, 1.165) is 16.8 Å². The molecule has 0 amide bonds. The molecular formula is C12H13NO. The second-order valence-corrected chi connectivity index (χ2v) is 3.52. The van der Waals surface area contributed by atoms with Crippen molar-refractivity contribution in [2.75, 3.05) is 0 Å². The van der Waals surface area contributed by atoms with Crippen LogP contribution in [0.15, 0.2) is 36.7 Å². The second-order valence-electron chi connectivity index (χ2n) is 3.52. The monoisotopic (exact) mass is 187 g/mol. The number of hydrogen-bond acceptors (Lipinski definition) is 1. The molecule has 0 fully saturated rings. The van der Waals surface area contributed by atoms with Crippen LogP contribution in [0.1, 0.15) is 11.1 Å². The Hall–Kier alpha value is -1.70. The zero-order chi connectivity index (χ0) is 10.1. The predicted octanol–water partition coefficient (Wildman–Crippen LogP) is 2.80. The van der Waals surface area contributed by atoms with Gasteiger partial charge in [0.25, 0.3) is 0 Å². The Morgan fingerprint density at radius 3 is 2.00 bits per heavy atom. The van der Waals surface area contributed by atoms with Gasteiger partial charge in [0.2, 0.25) is 0 Å². The predicted molar refractivity (Wildman–Crippen MR) is 56.9 cm³/mol. The summed E-state index contributed by atoms with van der Waals surface area (Å²) in [6.45, 7) is 4.00. The Morgan fingerprint density at radius 1 is 1.00 bits per heavy atom. The molecule has 0 saturated carbocycles. The topological polar surface area (TPSA) is 25.2 Å². The Balaban J connectivity index is 2.64. The third-order valence-corrected chi connectivity index (χ3v) is 2.34. The molecule has 0 bridgehead atoms. The Labute approximate surface area is 83.4 Å². The van der Waals surface area contributed by atoms with Crippen LogP contribution in [0, 0.1) is 13.8 Å². The van der Waals surface area contributed by atoms with Gasteiger partial charge in [-0.1, -0.05) is 0 Å². The lowest BCUT2D eigenvalue weighted by Crippen LogP contribution is -1.96. The Morgan fingerprint density at radius 2 is 1.50 bits per heavy atom. The smallest absolute Gasteiger partial charge is 0.116 e. The highest BCUT2D eigenvalue weighted by molar-refractivity contribution is 5.51. The Bertz CT molecular complexity index is 420. The van der Waals surface area contributed by atoms with E-state index in [1.807, 2.05) is 38.4 Å². The molecule has 0 aliphatic carbocycles. The van der Waals surface area contributed by atoms with E-state index in [1.165, 1.54) is 0 Å². The van der Waals surface area contributed by atoms with Gasteiger partial charge in [-0.3, -0.25) is 0 Å². The number of aryl methyl sites for hydroxylation is 2. The largest absolute Gasteiger partial charge is 0.508 e. The average molecular weight is 187 g/mol. The zero-order valence-corrected chi connectivity index (χ0v) is 8.36. The number of aromatic hydroxyl groups is 1. The van der Waals surface area contributed by atoms with Crippen LogP contribution in [-0.4, -0.2) is 9.67 Å². The first kappa shape index (κ1) is 8.88. The van der Waals surface area contributed by atoms with Crippen molar-refractivity contribution in [1.82, 2.24) is 4.57 Å². The summed E-state index contributed by atoms with van der Waals surface area (Å²) in [7, 11) is 0. The normalized spacial score (nSPS) is 10.4. The standard InChI is InChI=1S/C12H13NO/c1-9-7-11(14)8-10(2)12(9)13-5-3-4-6-13/h3-8,14H,1-2H3. The van der Waals surface area contributed by atoms with Crippen molar-refractivity contribution in [2.45, 2.75) is 13.8 Å². The van der Waals surface area contributed by atoms with Crippen molar-refractivity contribution in [3.05, 3.63) is 47.8 Å². The molecule has 1 N–H and O–H groups in total.